The SMILES string of the molecule is COc1ccc([C@@H]2C[C@@H]3CC(C(=O)NOC(C)(C)OC)=C[C@@H]3C2)cc1OC1CCCC1. The molecule has 3 atom stereocenters. The van der Waals surface area contributed by atoms with Gasteiger partial charge in [-0.15, -0.1) is 0 Å². The van der Waals surface area contributed by atoms with E-state index in [0.717, 1.165) is 49.2 Å². The van der Waals surface area contributed by atoms with Gasteiger partial charge in [0.2, 0.25) is 0 Å². The summed E-state index contributed by atoms with van der Waals surface area (Å²) in [6, 6.07) is 6.39. The van der Waals surface area contributed by atoms with Gasteiger partial charge in [-0.3, -0.25) is 4.79 Å². The molecular formula is C25H35NO5. The van der Waals surface area contributed by atoms with E-state index in [2.05, 4.69) is 23.7 Å². The Hall–Kier alpha value is -2.05. The first kappa shape index (κ1) is 22.2. The Morgan fingerprint density at radius 1 is 1.10 bits per heavy atom. The molecule has 4 rings (SSSR count). The minimum atomic E-state index is -0.845. The van der Waals surface area contributed by atoms with E-state index >= 15 is 0 Å². The molecule has 0 heterocycles. The number of hydroxylamine groups is 1. The second kappa shape index (κ2) is 9.21. The van der Waals surface area contributed by atoms with Gasteiger partial charge in [-0.1, -0.05) is 12.1 Å². The van der Waals surface area contributed by atoms with Gasteiger partial charge in [0.1, 0.15) is 0 Å². The van der Waals surface area contributed by atoms with E-state index in [1.165, 1.54) is 18.4 Å². The van der Waals surface area contributed by atoms with Crippen molar-refractivity contribution in [3.63, 3.8) is 0 Å². The Morgan fingerprint density at radius 3 is 2.55 bits per heavy atom. The summed E-state index contributed by atoms with van der Waals surface area (Å²) in [5.41, 5.74) is 4.67. The summed E-state index contributed by atoms with van der Waals surface area (Å²) in [5.74, 6) is 2.10. The maximum atomic E-state index is 12.5. The molecule has 6 heteroatoms. The summed E-state index contributed by atoms with van der Waals surface area (Å²) < 4.78 is 17.0. The van der Waals surface area contributed by atoms with Gasteiger partial charge in [-0.05, 0) is 94.2 Å². The van der Waals surface area contributed by atoms with Gasteiger partial charge in [0.15, 0.2) is 17.3 Å². The van der Waals surface area contributed by atoms with E-state index in [1.54, 1.807) is 28.1 Å². The van der Waals surface area contributed by atoms with Crippen molar-refractivity contribution < 1.29 is 23.8 Å². The second-order valence-electron chi connectivity index (χ2n) is 9.56. The van der Waals surface area contributed by atoms with Crippen LogP contribution in [-0.4, -0.2) is 32.0 Å². The summed E-state index contributed by atoms with van der Waals surface area (Å²) in [6.07, 6.45) is 10.1. The van der Waals surface area contributed by atoms with Crippen molar-refractivity contribution in [3.8, 4) is 11.5 Å². The number of hydrogen-bond acceptors (Lipinski definition) is 5. The molecule has 31 heavy (non-hydrogen) atoms. The van der Waals surface area contributed by atoms with Crippen LogP contribution in [0, 0.1) is 11.8 Å². The van der Waals surface area contributed by atoms with Crippen LogP contribution in [0.4, 0.5) is 0 Å². The molecule has 0 aromatic heterocycles. The van der Waals surface area contributed by atoms with Gasteiger partial charge in [0, 0.05) is 12.7 Å². The summed E-state index contributed by atoms with van der Waals surface area (Å²) in [4.78, 5) is 17.8. The quantitative estimate of drug-likeness (QED) is 0.471. The van der Waals surface area contributed by atoms with E-state index in [-0.39, 0.29) is 5.91 Å². The van der Waals surface area contributed by atoms with Gasteiger partial charge in [0.05, 0.1) is 13.2 Å². The molecule has 0 spiro atoms. The van der Waals surface area contributed by atoms with E-state index in [9.17, 15) is 4.79 Å². The predicted octanol–water partition coefficient (Wildman–Crippen LogP) is 4.89. The van der Waals surface area contributed by atoms with Crippen LogP contribution >= 0.6 is 0 Å². The van der Waals surface area contributed by atoms with Crippen LogP contribution in [-0.2, 0) is 14.4 Å². The molecular weight excluding hydrogens is 394 g/mol. The van der Waals surface area contributed by atoms with Crippen molar-refractivity contribution in [1.82, 2.24) is 5.48 Å². The van der Waals surface area contributed by atoms with Crippen LogP contribution in [0.25, 0.3) is 0 Å². The Bertz CT molecular complexity index is 827. The van der Waals surface area contributed by atoms with Crippen molar-refractivity contribution in [2.24, 2.45) is 11.8 Å². The molecule has 1 amide bonds. The minimum absolute atomic E-state index is 0.159. The molecule has 2 fully saturated rings. The first-order valence-corrected chi connectivity index (χ1v) is 11.5. The Labute approximate surface area is 185 Å². The number of ether oxygens (including phenoxy) is 3. The zero-order valence-corrected chi connectivity index (χ0v) is 19.1. The summed E-state index contributed by atoms with van der Waals surface area (Å²) in [6.45, 7) is 3.52. The highest BCUT2D eigenvalue weighted by atomic mass is 16.8. The highest BCUT2D eigenvalue weighted by Gasteiger charge is 2.40. The van der Waals surface area contributed by atoms with Gasteiger partial charge < -0.3 is 14.2 Å². The van der Waals surface area contributed by atoms with E-state index < -0.39 is 5.79 Å². The first-order chi connectivity index (χ1) is 14.9. The lowest BCUT2D eigenvalue weighted by Gasteiger charge is -2.22. The number of methoxy groups -OCH3 is 2. The number of hydrogen-bond donors (Lipinski definition) is 1. The van der Waals surface area contributed by atoms with Crippen molar-refractivity contribution in [2.45, 2.75) is 76.6 Å². The largest absolute Gasteiger partial charge is 0.493 e. The average Bonchev–Trinajstić information content (AvgIpc) is 3.48. The number of fused-ring (bicyclic) bond motifs is 1. The van der Waals surface area contributed by atoms with Crippen molar-refractivity contribution in [3.05, 3.63) is 35.4 Å². The summed E-state index contributed by atoms with van der Waals surface area (Å²) in [7, 11) is 3.25. The third-order valence-corrected chi connectivity index (χ3v) is 7.07. The number of amides is 1. The molecule has 0 saturated heterocycles. The molecule has 3 aliphatic rings. The Kier molecular flexibility index (Phi) is 6.58. The predicted molar refractivity (Wildman–Crippen MR) is 118 cm³/mol. The molecule has 1 aromatic rings. The maximum Gasteiger partial charge on any atom is 0.270 e. The monoisotopic (exact) mass is 429 g/mol. The molecule has 3 aliphatic carbocycles. The molecule has 6 nitrogen and oxygen atoms in total. The normalized spacial score (nSPS) is 25.9. The lowest BCUT2D eigenvalue weighted by molar-refractivity contribution is -0.230. The van der Waals surface area contributed by atoms with E-state index in [0.29, 0.717) is 23.9 Å². The number of carbonyl (C=O) groups is 1. The standard InChI is InChI=1S/C25H35NO5/c1-25(2,29-4)31-26-24(27)20-13-18-11-17(12-19(18)14-20)16-9-10-22(28-3)23(15-16)30-21-7-5-6-8-21/h9-10,13,15,17-19,21H,5-8,11-12,14H2,1-4H3,(H,26,27)/t17-,18-,19+/m0/s1. The summed E-state index contributed by atoms with van der Waals surface area (Å²) >= 11 is 0. The van der Waals surface area contributed by atoms with Crippen molar-refractivity contribution in [2.75, 3.05) is 14.2 Å². The van der Waals surface area contributed by atoms with Crippen LogP contribution in [0.15, 0.2) is 29.8 Å². The Morgan fingerprint density at radius 2 is 1.87 bits per heavy atom. The highest BCUT2D eigenvalue weighted by molar-refractivity contribution is 5.93. The fourth-order valence-corrected chi connectivity index (χ4v) is 5.15. The zero-order valence-electron chi connectivity index (χ0n) is 19.1. The van der Waals surface area contributed by atoms with Crippen LogP contribution < -0.4 is 15.0 Å². The molecule has 1 N–H and O–H groups in total. The fourth-order valence-electron chi connectivity index (χ4n) is 5.15. The average molecular weight is 430 g/mol. The molecule has 1 aromatic carbocycles. The van der Waals surface area contributed by atoms with Crippen LogP contribution in [0.3, 0.4) is 0 Å². The zero-order chi connectivity index (χ0) is 22.0. The Balaban J connectivity index is 1.39. The molecule has 0 unspecified atom stereocenters. The highest BCUT2D eigenvalue weighted by Crippen LogP contribution is 2.50. The van der Waals surface area contributed by atoms with Gasteiger partial charge in [0.25, 0.3) is 5.91 Å². The van der Waals surface area contributed by atoms with Crippen LogP contribution in [0.1, 0.15) is 70.3 Å². The maximum absolute atomic E-state index is 12.5. The number of carbonyl (C=O) groups excluding carboxylic acids is 1. The lowest BCUT2D eigenvalue weighted by Crippen LogP contribution is -2.37. The smallest absolute Gasteiger partial charge is 0.270 e. The number of nitrogens with one attached hydrogen (secondary N) is 1. The first-order valence-electron chi connectivity index (χ1n) is 11.5. The molecule has 0 aliphatic heterocycles. The van der Waals surface area contributed by atoms with E-state index in [1.807, 2.05) is 6.07 Å². The van der Waals surface area contributed by atoms with Gasteiger partial charge in [-0.25, -0.2) is 10.3 Å². The van der Waals surface area contributed by atoms with Crippen molar-refractivity contribution in [1.29, 1.82) is 0 Å². The number of benzene rings is 1. The third-order valence-electron chi connectivity index (χ3n) is 7.07. The van der Waals surface area contributed by atoms with Gasteiger partial charge in [-0.2, -0.15) is 0 Å². The molecule has 0 bridgehead atoms. The van der Waals surface area contributed by atoms with Crippen molar-refractivity contribution >= 4 is 5.91 Å². The number of allylic oxidation sites excluding steroid dienone is 1. The van der Waals surface area contributed by atoms with Crippen LogP contribution in [0.5, 0.6) is 11.5 Å². The topological polar surface area (TPSA) is 66.0 Å². The fraction of sp³-hybridized carbons (Fsp3) is 0.640. The minimum Gasteiger partial charge on any atom is -0.493 e. The summed E-state index contributed by atoms with van der Waals surface area (Å²) in [5, 5.41) is 0. The van der Waals surface area contributed by atoms with Crippen LogP contribution in [0.2, 0.25) is 0 Å². The third kappa shape index (κ3) is 5.07. The molecule has 2 saturated carbocycles. The number of rotatable bonds is 8. The molecule has 0 radical (unpaired) electrons. The second-order valence-corrected chi connectivity index (χ2v) is 9.56. The molecule has 170 valence electrons. The van der Waals surface area contributed by atoms with Gasteiger partial charge >= 0.3 is 0 Å². The van der Waals surface area contributed by atoms with E-state index in [4.69, 9.17) is 19.0 Å². The lowest BCUT2D eigenvalue weighted by atomic mass is 9.94.